The largest absolute Gasteiger partial charge is 0.387 e. The van der Waals surface area contributed by atoms with E-state index in [0.29, 0.717) is 0 Å². The van der Waals surface area contributed by atoms with Crippen LogP contribution in [-0.4, -0.2) is 57.0 Å². The van der Waals surface area contributed by atoms with Crippen molar-refractivity contribution in [3.05, 3.63) is 0 Å². The van der Waals surface area contributed by atoms with Crippen LogP contribution in [0.3, 0.4) is 0 Å². The van der Waals surface area contributed by atoms with Gasteiger partial charge in [-0.1, -0.05) is 0 Å². The molecule has 0 aromatic rings. The Balaban J connectivity index is 2.76. The normalized spacial score (nSPS) is 46.0. The highest BCUT2D eigenvalue weighted by molar-refractivity contribution is 5.79. The number of nitrogens with two attached hydrogens (primary N) is 1. The van der Waals surface area contributed by atoms with Crippen LogP contribution >= 0.6 is 0 Å². The number of aliphatic hydroxyl groups is 4. The summed E-state index contributed by atoms with van der Waals surface area (Å²) in [4.78, 5) is 10.6. The maximum absolute atomic E-state index is 10.6. The number of hydrogen-bond acceptors (Lipinski definition) is 6. The summed E-state index contributed by atoms with van der Waals surface area (Å²) >= 11 is 0. The van der Waals surface area contributed by atoms with Gasteiger partial charge in [0.25, 0.3) is 0 Å². The molecule has 5 atom stereocenters. The highest BCUT2D eigenvalue weighted by Gasteiger charge is 2.45. The number of aliphatic hydroxyl groups excluding tert-OH is 4. The summed E-state index contributed by atoms with van der Waals surface area (Å²) < 4.78 is 4.46. The molecule has 1 fully saturated rings. The summed E-state index contributed by atoms with van der Waals surface area (Å²) in [5.74, 6) is -1.02. The van der Waals surface area contributed by atoms with Gasteiger partial charge in [0.2, 0.25) is 5.91 Å². The van der Waals surface area contributed by atoms with Crippen molar-refractivity contribution in [2.24, 2.45) is 5.73 Å². The highest BCUT2D eigenvalue weighted by Crippen LogP contribution is 2.19. The maximum Gasteiger partial charge on any atom is 0.249 e. The third-order valence-corrected chi connectivity index (χ3v) is 1.87. The topological polar surface area (TPSA) is 133 Å². The van der Waals surface area contributed by atoms with E-state index in [1.54, 1.807) is 0 Å². The van der Waals surface area contributed by atoms with E-state index in [2.05, 4.69) is 4.74 Å². The van der Waals surface area contributed by atoms with Crippen LogP contribution in [0.4, 0.5) is 0 Å². The molecule has 1 rings (SSSR count). The Morgan fingerprint density at radius 3 is 2.08 bits per heavy atom. The number of carbonyl (C=O) groups excluding carboxylic acids is 1. The molecule has 1 amide bonds. The van der Waals surface area contributed by atoms with E-state index < -0.39 is 36.6 Å². The lowest BCUT2D eigenvalue weighted by molar-refractivity contribution is -0.275. The molecule has 13 heavy (non-hydrogen) atoms. The molecule has 0 radical (unpaired) electrons. The molecule has 1 heterocycles. The van der Waals surface area contributed by atoms with E-state index in [9.17, 15) is 4.79 Å². The van der Waals surface area contributed by atoms with Gasteiger partial charge in [0, 0.05) is 0 Å². The first-order valence-corrected chi connectivity index (χ1v) is 3.62. The molecular weight excluding hydrogens is 182 g/mol. The van der Waals surface area contributed by atoms with Gasteiger partial charge in [-0.3, -0.25) is 4.79 Å². The van der Waals surface area contributed by atoms with Crippen LogP contribution in [0, 0.1) is 0 Å². The quantitative estimate of drug-likeness (QED) is 0.291. The minimum atomic E-state index is -1.73. The Labute approximate surface area is 73.4 Å². The molecular formula is C6H11NO6. The van der Waals surface area contributed by atoms with Gasteiger partial charge >= 0.3 is 0 Å². The number of carbonyl (C=O) groups is 1. The Hall–Kier alpha value is -0.730. The number of hydrogen-bond donors (Lipinski definition) is 5. The highest BCUT2D eigenvalue weighted by atomic mass is 16.6. The molecule has 1 saturated heterocycles. The fourth-order valence-corrected chi connectivity index (χ4v) is 1.10. The van der Waals surface area contributed by atoms with Gasteiger partial charge in [-0.05, 0) is 0 Å². The molecule has 1 aliphatic rings. The van der Waals surface area contributed by atoms with Crippen LogP contribution in [0.2, 0.25) is 0 Å². The van der Waals surface area contributed by atoms with Crippen LogP contribution in [0.15, 0.2) is 0 Å². The summed E-state index contributed by atoms with van der Waals surface area (Å²) in [6.07, 6.45) is -8.16. The Morgan fingerprint density at radius 2 is 1.62 bits per heavy atom. The summed E-state index contributed by atoms with van der Waals surface area (Å²) in [6, 6.07) is 0. The Bertz CT molecular complexity index is 209. The van der Waals surface area contributed by atoms with Crippen molar-refractivity contribution in [1.82, 2.24) is 0 Å². The number of ether oxygens (including phenoxy) is 1. The van der Waals surface area contributed by atoms with E-state index in [1.165, 1.54) is 0 Å². The Kier molecular flexibility index (Phi) is 2.84. The molecule has 6 N–H and O–H groups in total. The number of amides is 1. The fourth-order valence-electron chi connectivity index (χ4n) is 1.10. The van der Waals surface area contributed by atoms with E-state index in [-0.39, 0.29) is 0 Å². The number of primary amides is 1. The van der Waals surface area contributed by atoms with Crippen molar-refractivity contribution < 1.29 is 30.0 Å². The summed E-state index contributed by atoms with van der Waals surface area (Å²) in [7, 11) is 0. The maximum atomic E-state index is 10.6. The molecule has 76 valence electrons. The first kappa shape index (κ1) is 10.4. The van der Waals surface area contributed by atoms with Crippen molar-refractivity contribution in [2.75, 3.05) is 0 Å². The Morgan fingerprint density at radius 1 is 1.08 bits per heavy atom. The summed E-state index contributed by atoms with van der Waals surface area (Å²) in [5, 5.41) is 36.2. The molecule has 0 aromatic carbocycles. The van der Waals surface area contributed by atoms with Crippen molar-refractivity contribution in [1.29, 1.82) is 0 Å². The van der Waals surface area contributed by atoms with Gasteiger partial charge in [-0.15, -0.1) is 0 Å². The zero-order chi connectivity index (χ0) is 10.2. The second-order valence-corrected chi connectivity index (χ2v) is 2.82. The average molecular weight is 193 g/mol. The summed E-state index contributed by atoms with van der Waals surface area (Å²) in [6.45, 7) is 0. The lowest BCUT2D eigenvalue weighted by Gasteiger charge is -2.36. The number of rotatable bonds is 1. The van der Waals surface area contributed by atoms with E-state index in [1.807, 2.05) is 0 Å². The molecule has 0 saturated carbocycles. The zero-order valence-electron chi connectivity index (χ0n) is 6.57. The fraction of sp³-hybridized carbons (Fsp3) is 0.833. The average Bonchev–Trinajstić information content (AvgIpc) is 2.07. The van der Waals surface area contributed by atoms with Crippen molar-refractivity contribution in [2.45, 2.75) is 30.7 Å². The van der Waals surface area contributed by atoms with Crippen molar-refractivity contribution in [3.63, 3.8) is 0 Å². The molecule has 0 bridgehead atoms. The second kappa shape index (κ2) is 3.56. The minimum absolute atomic E-state index is 1.02. The van der Waals surface area contributed by atoms with Crippen LogP contribution in [-0.2, 0) is 9.53 Å². The molecule has 3 unspecified atom stereocenters. The van der Waals surface area contributed by atoms with Gasteiger partial charge in [0.05, 0.1) is 0 Å². The molecule has 0 aromatic heterocycles. The molecule has 0 spiro atoms. The predicted octanol–water partition coefficient (Wildman–Crippen LogP) is -3.73. The van der Waals surface area contributed by atoms with Gasteiger partial charge in [-0.2, -0.15) is 0 Å². The first-order chi connectivity index (χ1) is 5.95. The molecule has 7 heteroatoms. The van der Waals surface area contributed by atoms with E-state index in [4.69, 9.17) is 26.2 Å². The van der Waals surface area contributed by atoms with Crippen molar-refractivity contribution >= 4 is 5.91 Å². The molecule has 1 aliphatic heterocycles. The summed E-state index contributed by atoms with van der Waals surface area (Å²) in [5.41, 5.74) is 4.80. The van der Waals surface area contributed by atoms with Crippen LogP contribution in [0.1, 0.15) is 0 Å². The van der Waals surface area contributed by atoms with Crippen molar-refractivity contribution in [3.8, 4) is 0 Å². The van der Waals surface area contributed by atoms with Gasteiger partial charge < -0.3 is 30.9 Å². The van der Waals surface area contributed by atoms with Gasteiger partial charge in [-0.25, -0.2) is 0 Å². The van der Waals surface area contributed by atoms with E-state index in [0.717, 1.165) is 0 Å². The van der Waals surface area contributed by atoms with Crippen LogP contribution in [0.25, 0.3) is 0 Å². The standard InChI is InChI=1S/C6H11NO6/c7-5(11)4-2(9)1(8)3(10)6(12)13-4/h1-4,6,8-10,12H,(H2,7,11)/t1-,2-,3?,4?,6?/m0/s1. The second-order valence-electron chi connectivity index (χ2n) is 2.82. The third kappa shape index (κ3) is 1.79. The first-order valence-electron chi connectivity index (χ1n) is 3.62. The smallest absolute Gasteiger partial charge is 0.249 e. The SMILES string of the molecule is NC(=O)C1OC(O)C(O)[C@@H](O)[C@@H]1O. The van der Waals surface area contributed by atoms with Crippen LogP contribution in [0.5, 0.6) is 0 Å². The lowest BCUT2D eigenvalue weighted by atomic mass is 9.99. The zero-order valence-corrected chi connectivity index (χ0v) is 6.57. The lowest BCUT2D eigenvalue weighted by Crippen LogP contribution is -2.60. The predicted molar refractivity (Wildman–Crippen MR) is 38.1 cm³/mol. The molecule has 7 nitrogen and oxygen atoms in total. The molecule has 0 aliphatic carbocycles. The third-order valence-electron chi connectivity index (χ3n) is 1.87. The van der Waals surface area contributed by atoms with Gasteiger partial charge in [0.15, 0.2) is 12.4 Å². The minimum Gasteiger partial charge on any atom is -0.387 e. The van der Waals surface area contributed by atoms with E-state index >= 15 is 0 Å². The monoisotopic (exact) mass is 193 g/mol. The van der Waals surface area contributed by atoms with Crippen LogP contribution < -0.4 is 5.73 Å². The van der Waals surface area contributed by atoms with Gasteiger partial charge in [0.1, 0.15) is 18.3 Å².